The molecule has 2 unspecified atom stereocenters. The van der Waals surface area contributed by atoms with Crippen molar-refractivity contribution >= 4 is 23.1 Å². The Kier molecular flexibility index (Phi) is 3.98. The van der Waals surface area contributed by atoms with Crippen LogP contribution in [0.3, 0.4) is 0 Å². The topological polar surface area (TPSA) is 12.0 Å². The Balaban J connectivity index is 1.88. The van der Waals surface area contributed by atoms with Gasteiger partial charge in [-0.3, -0.25) is 0 Å². The fraction of sp³-hybridized carbons (Fsp3) is 0.692. The Morgan fingerprint density at radius 2 is 2.38 bits per heavy atom. The van der Waals surface area contributed by atoms with Crippen LogP contribution in [0.5, 0.6) is 0 Å². The molecule has 1 fully saturated rings. The van der Waals surface area contributed by atoms with E-state index in [-0.39, 0.29) is 0 Å². The second kappa shape index (κ2) is 5.11. The molecule has 2 atom stereocenters. The summed E-state index contributed by atoms with van der Waals surface area (Å²) in [6.45, 7) is 8.01. The maximum absolute atomic E-state index is 3.70. The van der Waals surface area contributed by atoms with Gasteiger partial charge in [0.2, 0.25) is 0 Å². The highest BCUT2D eigenvalue weighted by molar-refractivity contribution is 8.00. The number of thioether (sulfide) groups is 1. The van der Waals surface area contributed by atoms with Gasteiger partial charge < -0.3 is 5.32 Å². The molecule has 0 radical (unpaired) electrons. The molecule has 0 saturated carbocycles. The minimum Gasteiger partial charge on any atom is -0.308 e. The van der Waals surface area contributed by atoms with Gasteiger partial charge in [0.15, 0.2) is 0 Å². The van der Waals surface area contributed by atoms with Crippen molar-refractivity contribution in [1.29, 1.82) is 0 Å². The zero-order valence-corrected chi connectivity index (χ0v) is 12.0. The van der Waals surface area contributed by atoms with Crippen LogP contribution in [0.25, 0.3) is 0 Å². The SMILES string of the molecule is Cc1ccsc1C(C)NCC1(C)CCCS1. The summed E-state index contributed by atoms with van der Waals surface area (Å²) in [7, 11) is 0. The molecule has 3 heteroatoms. The standard InChI is InChI=1S/C13H21NS2/c1-10-5-8-15-12(10)11(2)14-9-13(3)6-4-7-16-13/h5,8,11,14H,4,6-7,9H2,1-3H3. The van der Waals surface area contributed by atoms with Gasteiger partial charge in [-0.15, -0.1) is 11.3 Å². The van der Waals surface area contributed by atoms with Gasteiger partial charge in [-0.25, -0.2) is 0 Å². The largest absolute Gasteiger partial charge is 0.308 e. The van der Waals surface area contributed by atoms with E-state index >= 15 is 0 Å². The van der Waals surface area contributed by atoms with Crippen LogP contribution in [-0.2, 0) is 0 Å². The first-order valence-electron chi connectivity index (χ1n) is 6.02. The number of thiophene rings is 1. The summed E-state index contributed by atoms with van der Waals surface area (Å²) in [6, 6.07) is 2.71. The van der Waals surface area contributed by atoms with Crippen molar-refractivity contribution in [3.63, 3.8) is 0 Å². The molecule has 0 spiro atoms. The highest BCUT2D eigenvalue weighted by Gasteiger charge is 2.29. The lowest BCUT2D eigenvalue weighted by Gasteiger charge is -2.25. The van der Waals surface area contributed by atoms with Crippen molar-refractivity contribution in [2.75, 3.05) is 12.3 Å². The number of rotatable bonds is 4. The Labute approximate surface area is 107 Å². The Morgan fingerprint density at radius 3 is 2.94 bits per heavy atom. The van der Waals surface area contributed by atoms with Crippen molar-refractivity contribution in [2.45, 2.75) is 44.4 Å². The maximum atomic E-state index is 3.70. The highest BCUT2D eigenvalue weighted by atomic mass is 32.2. The van der Waals surface area contributed by atoms with Gasteiger partial charge in [0.05, 0.1) is 0 Å². The zero-order chi connectivity index (χ0) is 11.6. The average Bonchev–Trinajstić information content (AvgIpc) is 2.85. The lowest BCUT2D eigenvalue weighted by Crippen LogP contribution is -2.34. The summed E-state index contributed by atoms with van der Waals surface area (Å²) in [4.78, 5) is 1.49. The molecule has 1 saturated heterocycles. The number of aryl methyl sites for hydroxylation is 1. The fourth-order valence-electron chi connectivity index (χ4n) is 2.27. The van der Waals surface area contributed by atoms with Crippen molar-refractivity contribution in [2.24, 2.45) is 0 Å². The normalized spacial score (nSPS) is 27.2. The van der Waals surface area contributed by atoms with E-state index in [0.717, 1.165) is 6.54 Å². The van der Waals surface area contributed by atoms with E-state index in [1.54, 1.807) is 0 Å². The molecule has 16 heavy (non-hydrogen) atoms. The minimum atomic E-state index is 0.472. The second-order valence-corrected chi connectivity index (χ2v) is 7.60. The van der Waals surface area contributed by atoms with Gasteiger partial charge in [0, 0.05) is 22.2 Å². The molecule has 0 aromatic carbocycles. The highest BCUT2D eigenvalue weighted by Crippen LogP contribution is 2.37. The van der Waals surface area contributed by atoms with Crippen molar-refractivity contribution in [3.05, 3.63) is 21.9 Å². The molecule has 90 valence electrons. The van der Waals surface area contributed by atoms with Gasteiger partial charge in [-0.2, -0.15) is 11.8 Å². The lowest BCUT2D eigenvalue weighted by atomic mass is 10.1. The van der Waals surface area contributed by atoms with E-state index in [4.69, 9.17) is 0 Å². The van der Waals surface area contributed by atoms with E-state index in [1.165, 1.54) is 29.0 Å². The molecular formula is C13H21NS2. The third kappa shape index (κ3) is 2.82. The van der Waals surface area contributed by atoms with Crippen LogP contribution < -0.4 is 5.32 Å². The summed E-state index contributed by atoms with van der Waals surface area (Å²) < 4.78 is 0.472. The Hall–Kier alpha value is 0.01000. The van der Waals surface area contributed by atoms with Gasteiger partial charge in [-0.1, -0.05) is 0 Å². The van der Waals surface area contributed by atoms with Crippen LogP contribution in [-0.4, -0.2) is 17.0 Å². The third-order valence-corrected chi connectivity index (χ3v) is 6.12. The van der Waals surface area contributed by atoms with E-state index < -0.39 is 0 Å². The van der Waals surface area contributed by atoms with E-state index in [1.807, 2.05) is 11.3 Å². The molecule has 1 aliphatic rings. The average molecular weight is 255 g/mol. The second-order valence-electron chi connectivity index (χ2n) is 4.97. The molecule has 0 aliphatic carbocycles. The molecule has 1 nitrogen and oxygen atoms in total. The predicted molar refractivity (Wildman–Crippen MR) is 75.6 cm³/mol. The van der Waals surface area contributed by atoms with Crippen molar-refractivity contribution < 1.29 is 0 Å². The van der Waals surface area contributed by atoms with Crippen LogP contribution in [0.1, 0.15) is 43.2 Å². The van der Waals surface area contributed by atoms with Gasteiger partial charge in [0.25, 0.3) is 0 Å². The number of nitrogens with one attached hydrogen (secondary N) is 1. The fourth-order valence-corrected chi connectivity index (χ4v) is 4.48. The van der Waals surface area contributed by atoms with Gasteiger partial charge in [0.1, 0.15) is 0 Å². The molecule has 1 aromatic rings. The van der Waals surface area contributed by atoms with Crippen molar-refractivity contribution in [3.8, 4) is 0 Å². The first-order chi connectivity index (χ1) is 7.61. The van der Waals surface area contributed by atoms with E-state index in [2.05, 4.69) is 49.3 Å². The predicted octanol–water partition coefficient (Wildman–Crippen LogP) is 3.99. The molecule has 1 N–H and O–H groups in total. The Morgan fingerprint density at radius 1 is 1.56 bits per heavy atom. The summed E-state index contributed by atoms with van der Waals surface area (Å²) in [5.74, 6) is 1.34. The first-order valence-corrected chi connectivity index (χ1v) is 7.89. The monoisotopic (exact) mass is 255 g/mol. The summed E-state index contributed by atoms with van der Waals surface area (Å²) >= 11 is 4.00. The molecular weight excluding hydrogens is 234 g/mol. The Bertz CT molecular complexity index is 339. The van der Waals surface area contributed by atoms with Crippen molar-refractivity contribution in [1.82, 2.24) is 5.32 Å². The smallest absolute Gasteiger partial charge is 0.0389 e. The van der Waals surface area contributed by atoms with Crippen LogP contribution in [0.15, 0.2) is 11.4 Å². The van der Waals surface area contributed by atoms with E-state index in [9.17, 15) is 0 Å². The van der Waals surface area contributed by atoms with E-state index in [0.29, 0.717) is 10.8 Å². The van der Waals surface area contributed by atoms with Crippen LogP contribution in [0.4, 0.5) is 0 Å². The van der Waals surface area contributed by atoms with Crippen LogP contribution in [0, 0.1) is 6.92 Å². The minimum absolute atomic E-state index is 0.472. The molecule has 1 aliphatic heterocycles. The number of hydrogen-bond acceptors (Lipinski definition) is 3. The molecule has 0 bridgehead atoms. The van der Waals surface area contributed by atoms with Crippen LogP contribution in [0.2, 0.25) is 0 Å². The molecule has 0 amide bonds. The lowest BCUT2D eigenvalue weighted by molar-refractivity contribution is 0.493. The van der Waals surface area contributed by atoms with Crippen LogP contribution >= 0.6 is 23.1 Å². The third-order valence-electron chi connectivity index (χ3n) is 3.38. The first kappa shape index (κ1) is 12.5. The summed E-state index contributed by atoms with van der Waals surface area (Å²) in [5, 5.41) is 5.89. The summed E-state index contributed by atoms with van der Waals surface area (Å²) in [6.07, 6.45) is 2.75. The number of hydrogen-bond donors (Lipinski definition) is 1. The van der Waals surface area contributed by atoms with Gasteiger partial charge in [-0.05, 0) is 56.4 Å². The molecule has 2 heterocycles. The molecule has 1 aromatic heterocycles. The summed E-state index contributed by atoms with van der Waals surface area (Å²) in [5.41, 5.74) is 1.43. The molecule has 2 rings (SSSR count). The van der Waals surface area contributed by atoms with Gasteiger partial charge >= 0.3 is 0 Å². The zero-order valence-electron chi connectivity index (χ0n) is 10.4. The maximum Gasteiger partial charge on any atom is 0.0389 e. The quantitative estimate of drug-likeness (QED) is 0.873.